The van der Waals surface area contributed by atoms with Crippen LogP contribution in [0.3, 0.4) is 0 Å². The van der Waals surface area contributed by atoms with Crippen molar-refractivity contribution in [2.75, 3.05) is 18.4 Å². The van der Waals surface area contributed by atoms with Crippen molar-refractivity contribution in [3.05, 3.63) is 65.7 Å². The lowest BCUT2D eigenvalue weighted by Crippen LogP contribution is -2.25. The summed E-state index contributed by atoms with van der Waals surface area (Å²) in [5.74, 6) is -0.0946. The smallest absolute Gasteiger partial charge is 0.221 e. The quantitative estimate of drug-likeness (QED) is 0.779. The van der Waals surface area contributed by atoms with Crippen molar-refractivity contribution < 1.29 is 9.90 Å². The van der Waals surface area contributed by atoms with Crippen LogP contribution in [0.4, 0.5) is 5.69 Å². The summed E-state index contributed by atoms with van der Waals surface area (Å²) in [5.41, 5.74) is 2.91. The van der Waals surface area contributed by atoms with Gasteiger partial charge < -0.3 is 10.4 Å². The zero-order valence-electron chi connectivity index (χ0n) is 14.4. The number of nitrogens with zero attached hydrogens (tertiary/aromatic N) is 1. The van der Waals surface area contributed by atoms with Crippen LogP contribution in [0.5, 0.6) is 0 Å². The monoisotopic (exact) mass is 326 g/mol. The van der Waals surface area contributed by atoms with Gasteiger partial charge in [0.05, 0.1) is 6.10 Å². The third-order valence-electron chi connectivity index (χ3n) is 4.03. The van der Waals surface area contributed by atoms with Crippen LogP contribution in [-0.2, 0) is 11.3 Å². The molecule has 0 radical (unpaired) electrons. The summed E-state index contributed by atoms with van der Waals surface area (Å²) in [6, 6.07) is 17.7. The van der Waals surface area contributed by atoms with Crippen LogP contribution in [-0.4, -0.2) is 29.0 Å². The Balaban J connectivity index is 1.86. The highest BCUT2D eigenvalue weighted by molar-refractivity contribution is 5.88. The molecule has 0 aromatic heterocycles. The van der Waals surface area contributed by atoms with E-state index >= 15 is 0 Å². The van der Waals surface area contributed by atoms with Crippen LogP contribution in [0.25, 0.3) is 0 Å². The van der Waals surface area contributed by atoms with Crippen molar-refractivity contribution in [2.45, 2.75) is 32.9 Å². The fourth-order valence-electron chi connectivity index (χ4n) is 2.65. The Kier molecular flexibility index (Phi) is 6.97. The SMILES string of the molecule is CCN(CCC(O)c1ccc(NC(C)=O)cc1)Cc1ccccc1. The number of hydrogen-bond acceptors (Lipinski definition) is 3. The molecular weight excluding hydrogens is 300 g/mol. The molecule has 0 saturated heterocycles. The van der Waals surface area contributed by atoms with E-state index in [1.54, 1.807) is 0 Å². The van der Waals surface area contributed by atoms with Crippen LogP contribution in [0, 0.1) is 0 Å². The second-order valence-electron chi connectivity index (χ2n) is 5.96. The van der Waals surface area contributed by atoms with Gasteiger partial charge in [-0.05, 0) is 36.2 Å². The molecule has 128 valence electrons. The van der Waals surface area contributed by atoms with Gasteiger partial charge in [0.25, 0.3) is 0 Å². The van der Waals surface area contributed by atoms with Crippen LogP contribution < -0.4 is 5.32 Å². The number of rotatable bonds is 8. The Morgan fingerprint density at radius 2 is 1.79 bits per heavy atom. The lowest BCUT2D eigenvalue weighted by atomic mass is 10.1. The summed E-state index contributed by atoms with van der Waals surface area (Å²) < 4.78 is 0. The lowest BCUT2D eigenvalue weighted by molar-refractivity contribution is -0.114. The highest BCUT2D eigenvalue weighted by Crippen LogP contribution is 2.20. The number of amides is 1. The number of anilines is 1. The molecule has 2 rings (SSSR count). The molecule has 0 aliphatic heterocycles. The highest BCUT2D eigenvalue weighted by Gasteiger charge is 2.11. The largest absolute Gasteiger partial charge is 0.388 e. The molecule has 0 aliphatic carbocycles. The Morgan fingerprint density at radius 3 is 2.38 bits per heavy atom. The molecular formula is C20H26N2O2. The Morgan fingerprint density at radius 1 is 1.12 bits per heavy atom. The molecule has 24 heavy (non-hydrogen) atoms. The van der Waals surface area contributed by atoms with Crippen molar-refractivity contribution in [1.82, 2.24) is 4.90 Å². The number of carbonyl (C=O) groups is 1. The van der Waals surface area contributed by atoms with E-state index in [4.69, 9.17) is 0 Å². The molecule has 0 saturated carbocycles. The van der Waals surface area contributed by atoms with E-state index in [-0.39, 0.29) is 5.91 Å². The Labute approximate surface area is 144 Å². The molecule has 0 heterocycles. The fraction of sp³-hybridized carbons (Fsp3) is 0.350. The maximum absolute atomic E-state index is 11.0. The van der Waals surface area contributed by atoms with Gasteiger partial charge in [-0.1, -0.05) is 49.4 Å². The summed E-state index contributed by atoms with van der Waals surface area (Å²) in [6.07, 6.45) is 0.182. The average Bonchev–Trinajstić information content (AvgIpc) is 2.59. The first-order chi connectivity index (χ1) is 11.6. The minimum Gasteiger partial charge on any atom is -0.388 e. The second kappa shape index (κ2) is 9.21. The molecule has 2 aromatic carbocycles. The first-order valence-electron chi connectivity index (χ1n) is 8.40. The number of hydrogen-bond donors (Lipinski definition) is 2. The van der Waals surface area contributed by atoms with Gasteiger partial charge in [-0.2, -0.15) is 0 Å². The second-order valence-corrected chi connectivity index (χ2v) is 5.96. The van der Waals surface area contributed by atoms with Crippen LogP contribution in [0.15, 0.2) is 54.6 Å². The van der Waals surface area contributed by atoms with Crippen molar-refractivity contribution in [1.29, 1.82) is 0 Å². The fourth-order valence-corrected chi connectivity index (χ4v) is 2.65. The van der Waals surface area contributed by atoms with Gasteiger partial charge >= 0.3 is 0 Å². The molecule has 1 unspecified atom stereocenters. The molecule has 0 bridgehead atoms. The molecule has 0 spiro atoms. The predicted molar refractivity (Wildman–Crippen MR) is 97.7 cm³/mol. The molecule has 1 amide bonds. The van der Waals surface area contributed by atoms with Crippen molar-refractivity contribution in [2.24, 2.45) is 0 Å². The third kappa shape index (κ3) is 5.80. The standard InChI is InChI=1S/C20H26N2O2/c1-3-22(15-17-7-5-4-6-8-17)14-13-20(24)18-9-11-19(12-10-18)21-16(2)23/h4-12,20,24H,3,13-15H2,1-2H3,(H,21,23). The van der Waals surface area contributed by atoms with Gasteiger partial charge in [-0.25, -0.2) is 0 Å². The maximum atomic E-state index is 11.0. The molecule has 1 atom stereocenters. The van der Waals surface area contributed by atoms with Gasteiger partial charge in [0.15, 0.2) is 0 Å². The minimum absolute atomic E-state index is 0.0946. The van der Waals surface area contributed by atoms with Gasteiger partial charge in [0.1, 0.15) is 0 Å². The topological polar surface area (TPSA) is 52.6 Å². The van der Waals surface area contributed by atoms with E-state index in [2.05, 4.69) is 41.4 Å². The van der Waals surface area contributed by atoms with E-state index in [1.165, 1.54) is 12.5 Å². The van der Waals surface area contributed by atoms with Crippen LogP contribution in [0.2, 0.25) is 0 Å². The van der Waals surface area contributed by atoms with Crippen molar-refractivity contribution in [3.8, 4) is 0 Å². The minimum atomic E-state index is -0.499. The summed E-state index contributed by atoms with van der Waals surface area (Å²) in [7, 11) is 0. The van der Waals surface area contributed by atoms with E-state index < -0.39 is 6.10 Å². The summed E-state index contributed by atoms with van der Waals surface area (Å²) in [4.78, 5) is 13.4. The first-order valence-corrected chi connectivity index (χ1v) is 8.40. The molecule has 2 N–H and O–H groups in total. The molecule has 0 fully saturated rings. The number of aliphatic hydroxyl groups is 1. The number of aliphatic hydroxyl groups excluding tert-OH is 1. The van der Waals surface area contributed by atoms with E-state index in [0.717, 1.165) is 30.9 Å². The van der Waals surface area contributed by atoms with Gasteiger partial charge in [-0.15, -0.1) is 0 Å². The normalized spacial score (nSPS) is 12.2. The molecule has 4 nitrogen and oxygen atoms in total. The van der Waals surface area contributed by atoms with E-state index in [9.17, 15) is 9.90 Å². The van der Waals surface area contributed by atoms with Crippen LogP contribution >= 0.6 is 0 Å². The van der Waals surface area contributed by atoms with Crippen LogP contribution in [0.1, 0.15) is 37.5 Å². The predicted octanol–water partition coefficient (Wildman–Crippen LogP) is 3.59. The lowest BCUT2D eigenvalue weighted by Gasteiger charge is -2.22. The Bertz CT molecular complexity index is 626. The van der Waals surface area contributed by atoms with Gasteiger partial charge in [0.2, 0.25) is 5.91 Å². The highest BCUT2D eigenvalue weighted by atomic mass is 16.3. The summed E-state index contributed by atoms with van der Waals surface area (Å²) in [6.45, 7) is 6.29. The molecule has 0 aliphatic rings. The van der Waals surface area contributed by atoms with Crippen molar-refractivity contribution in [3.63, 3.8) is 0 Å². The maximum Gasteiger partial charge on any atom is 0.221 e. The third-order valence-corrected chi connectivity index (χ3v) is 4.03. The first kappa shape index (κ1) is 18.2. The number of carbonyl (C=O) groups excluding carboxylic acids is 1. The summed E-state index contributed by atoms with van der Waals surface area (Å²) in [5, 5.41) is 13.1. The Hall–Kier alpha value is -2.17. The van der Waals surface area contributed by atoms with Gasteiger partial charge in [0, 0.05) is 25.7 Å². The van der Waals surface area contributed by atoms with E-state index in [1.807, 2.05) is 30.3 Å². The number of nitrogens with one attached hydrogen (secondary N) is 1. The van der Waals surface area contributed by atoms with Gasteiger partial charge in [-0.3, -0.25) is 9.69 Å². The number of benzene rings is 2. The molecule has 4 heteroatoms. The summed E-state index contributed by atoms with van der Waals surface area (Å²) >= 11 is 0. The van der Waals surface area contributed by atoms with E-state index in [0.29, 0.717) is 6.42 Å². The average molecular weight is 326 g/mol. The van der Waals surface area contributed by atoms with Crippen molar-refractivity contribution >= 4 is 11.6 Å². The molecule has 2 aromatic rings. The zero-order chi connectivity index (χ0) is 17.4. The zero-order valence-corrected chi connectivity index (χ0v) is 14.4.